The number of halogens is 5. The van der Waals surface area contributed by atoms with E-state index in [2.05, 4.69) is 0 Å². The van der Waals surface area contributed by atoms with Gasteiger partial charge in [0.05, 0.1) is 0 Å². The van der Waals surface area contributed by atoms with E-state index in [1.165, 1.54) is 0 Å². The molecule has 2 aliphatic carbocycles. The Morgan fingerprint density at radius 2 is 1.92 bits per heavy atom. The molecule has 1 fully saturated rings. The Morgan fingerprint density at radius 3 is 2.46 bits per heavy atom. The van der Waals surface area contributed by atoms with Crippen molar-refractivity contribution >= 4 is 0 Å². The summed E-state index contributed by atoms with van der Waals surface area (Å²) in [5.74, 6) is -6.51. The zero-order valence-electron chi connectivity index (χ0n) is 6.33. The highest BCUT2D eigenvalue weighted by atomic mass is 19.2. The van der Waals surface area contributed by atoms with E-state index in [4.69, 9.17) is 0 Å². The fourth-order valence-electron chi connectivity index (χ4n) is 1.65. The summed E-state index contributed by atoms with van der Waals surface area (Å²) in [7, 11) is 0. The second kappa shape index (κ2) is 2.33. The van der Waals surface area contributed by atoms with Crippen molar-refractivity contribution in [3.63, 3.8) is 0 Å². The molecule has 0 aromatic rings. The maximum Gasteiger partial charge on any atom is 0.202 e. The van der Waals surface area contributed by atoms with Crippen LogP contribution in [-0.2, 0) is 0 Å². The first-order valence-corrected chi connectivity index (χ1v) is 3.74. The summed E-state index contributed by atoms with van der Waals surface area (Å²) in [5, 5.41) is 0. The highest BCUT2D eigenvalue weighted by Gasteiger charge is 2.62. The summed E-state index contributed by atoms with van der Waals surface area (Å²) in [5.41, 5.74) is -2.96. The van der Waals surface area contributed by atoms with Crippen molar-refractivity contribution in [2.24, 2.45) is 5.92 Å². The lowest BCUT2D eigenvalue weighted by atomic mass is 9.66. The van der Waals surface area contributed by atoms with Crippen LogP contribution in [0.5, 0.6) is 0 Å². The Hall–Kier alpha value is -0.870. The molecule has 0 bridgehead atoms. The van der Waals surface area contributed by atoms with E-state index in [1.807, 2.05) is 0 Å². The van der Waals surface area contributed by atoms with Gasteiger partial charge in [0.2, 0.25) is 5.67 Å². The average Bonchev–Trinajstić information content (AvgIpc) is 2.11. The van der Waals surface area contributed by atoms with Gasteiger partial charge in [0.1, 0.15) is 6.17 Å². The number of hydrogen-bond donors (Lipinski definition) is 0. The van der Waals surface area contributed by atoms with E-state index in [0.29, 0.717) is 6.08 Å². The molecule has 0 spiro atoms. The molecule has 0 amide bonds. The van der Waals surface area contributed by atoms with Gasteiger partial charge in [-0.3, -0.25) is 0 Å². The van der Waals surface area contributed by atoms with Crippen molar-refractivity contribution in [2.45, 2.75) is 18.3 Å². The molecule has 5 heteroatoms. The molecule has 0 radical (unpaired) electrons. The Morgan fingerprint density at radius 1 is 1.31 bits per heavy atom. The van der Waals surface area contributed by atoms with Crippen LogP contribution in [0.2, 0.25) is 0 Å². The minimum Gasteiger partial charge on any atom is -0.243 e. The summed E-state index contributed by atoms with van der Waals surface area (Å²) < 4.78 is 63.7. The van der Waals surface area contributed by atoms with Crippen LogP contribution in [0.15, 0.2) is 23.6 Å². The Labute approximate surface area is 70.7 Å². The van der Waals surface area contributed by atoms with Crippen LogP contribution in [-0.4, -0.2) is 11.8 Å². The Kier molecular flexibility index (Phi) is 1.56. The fourth-order valence-corrected chi connectivity index (χ4v) is 1.65. The maximum atomic E-state index is 13.3. The molecule has 2 rings (SSSR count). The second-order valence-corrected chi connectivity index (χ2v) is 3.22. The van der Waals surface area contributed by atoms with Crippen molar-refractivity contribution in [1.82, 2.24) is 0 Å². The van der Waals surface area contributed by atoms with Gasteiger partial charge in [-0.25, -0.2) is 22.0 Å². The lowest BCUT2D eigenvalue weighted by Gasteiger charge is -2.44. The van der Waals surface area contributed by atoms with E-state index in [-0.39, 0.29) is 6.42 Å². The number of rotatable bonds is 0. The quantitative estimate of drug-likeness (QED) is 0.522. The van der Waals surface area contributed by atoms with Gasteiger partial charge >= 0.3 is 0 Å². The maximum absolute atomic E-state index is 13.3. The Balaban J connectivity index is 2.46. The molecule has 1 saturated carbocycles. The van der Waals surface area contributed by atoms with Crippen LogP contribution in [0.3, 0.4) is 0 Å². The lowest BCUT2D eigenvalue weighted by molar-refractivity contribution is -0.0695. The first-order valence-electron chi connectivity index (χ1n) is 3.74. The van der Waals surface area contributed by atoms with Gasteiger partial charge in [-0.15, -0.1) is 0 Å². The molecule has 72 valence electrons. The number of alkyl halides is 2. The first-order chi connectivity index (χ1) is 5.98. The molecule has 13 heavy (non-hydrogen) atoms. The molecule has 0 heterocycles. The number of fused-ring (bicyclic) bond motifs is 1. The summed E-state index contributed by atoms with van der Waals surface area (Å²) in [6, 6.07) is 0. The standard InChI is InChI=1S/C8H5F5/c9-4-1-3-2-5(10)8(3,13)7(12)6(4)11/h1,3,5H,2H2. The zero-order chi connectivity index (χ0) is 9.80. The van der Waals surface area contributed by atoms with Crippen LogP contribution >= 0.6 is 0 Å². The third-order valence-electron chi connectivity index (χ3n) is 2.54. The topological polar surface area (TPSA) is 0 Å². The molecule has 3 unspecified atom stereocenters. The number of allylic oxidation sites excluding steroid dienone is 4. The average molecular weight is 196 g/mol. The molecule has 3 atom stereocenters. The molecule has 0 nitrogen and oxygen atoms in total. The minimum absolute atomic E-state index is 0.301. The predicted octanol–water partition coefficient (Wildman–Crippen LogP) is 3.07. The largest absolute Gasteiger partial charge is 0.243 e. The van der Waals surface area contributed by atoms with Crippen molar-refractivity contribution in [2.75, 3.05) is 0 Å². The molecule has 0 saturated heterocycles. The minimum atomic E-state index is -2.96. The molecule has 0 aromatic carbocycles. The van der Waals surface area contributed by atoms with E-state index < -0.39 is 35.2 Å². The third kappa shape index (κ3) is 0.845. The number of hydrogen-bond acceptors (Lipinski definition) is 0. The predicted molar refractivity (Wildman–Crippen MR) is 35.3 cm³/mol. The van der Waals surface area contributed by atoms with Crippen LogP contribution in [0, 0.1) is 5.92 Å². The van der Waals surface area contributed by atoms with Crippen LogP contribution in [0.1, 0.15) is 6.42 Å². The molecular weight excluding hydrogens is 191 g/mol. The summed E-state index contributed by atoms with van der Waals surface area (Å²) >= 11 is 0. The summed E-state index contributed by atoms with van der Waals surface area (Å²) in [4.78, 5) is 0. The van der Waals surface area contributed by atoms with Gasteiger partial charge in [-0.05, 0) is 12.5 Å². The lowest BCUT2D eigenvalue weighted by Crippen LogP contribution is -2.55. The molecule has 0 aromatic heterocycles. The molecule has 0 N–H and O–H groups in total. The fraction of sp³-hybridized carbons (Fsp3) is 0.500. The van der Waals surface area contributed by atoms with Crippen molar-refractivity contribution in [3.05, 3.63) is 23.6 Å². The monoisotopic (exact) mass is 196 g/mol. The summed E-state index contributed by atoms with van der Waals surface area (Å²) in [6.07, 6.45) is -1.79. The molecular formula is C8H5F5. The third-order valence-corrected chi connectivity index (χ3v) is 2.54. The van der Waals surface area contributed by atoms with Gasteiger partial charge in [0.15, 0.2) is 17.5 Å². The van der Waals surface area contributed by atoms with Gasteiger partial charge < -0.3 is 0 Å². The smallest absolute Gasteiger partial charge is 0.202 e. The van der Waals surface area contributed by atoms with E-state index in [1.54, 1.807) is 0 Å². The van der Waals surface area contributed by atoms with Crippen molar-refractivity contribution < 1.29 is 22.0 Å². The van der Waals surface area contributed by atoms with Crippen molar-refractivity contribution in [3.8, 4) is 0 Å². The molecule has 0 aliphatic heterocycles. The van der Waals surface area contributed by atoms with Gasteiger partial charge in [-0.2, -0.15) is 0 Å². The van der Waals surface area contributed by atoms with Crippen LogP contribution < -0.4 is 0 Å². The molecule has 2 aliphatic rings. The van der Waals surface area contributed by atoms with Gasteiger partial charge in [0, 0.05) is 5.92 Å². The van der Waals surface area contributed by atoms with E-state index >= 15 is 0 Å². The van der Waals surface area contributed by atoms with Gasteiger partial charge in [0.25, 0.3) is 0 Å². The second-order valence-electron chi connectivity index (χ2n) is 3.22. The van der Waals surface area contributed by atoms with Crippen LogP contribution in [0.25, 0.3) is 0 Å². The van der Waals surface area contributed by atoms with Crippen molar-refractivity contribution in [1.29, 1.82) is 0 Å². The normalized spacial score (nSPS) is 43.9. The van der Waals surface area contributed by atoms with Gasteiger partial charge in [-0.1, -0.05) is 0 Å². The van der Waals surface area contributed by atoms with E-state index in [0.717, 1.165) is 0 Å². The van der Waals surface area contributed by atoms with Crippen LogP contribution in [0.4, 0.5) is 22.0 Å². The summed E-state index contributed by atoms with van der Waals surface area (Å²) in [6.45, 7) is 0. The first kappa shape index (κ1) is 8.72. The highest BCUT2D eigenvalue weighted by molar-refractivity contribution is 5.40. The Bertz CT molecular complexity index is 318. The zero-order valence-corrected chi connectivity index (χ0v) is 6.33. The highest BCUT2D eigenvalue weighted by Crippen LogP contribution is 2.55. The SMILES string of the molecule is FC1=CC2CC(F)C2(F)C(F)=C1F. The van der Waals surface area contributed by atoms with E-state index in [9.17, 15) is 22.0 Å².